The summed E-state index contributed by atoms with van der Waals surface area (Å²) in [5, 5.41) is 0.719. The monoisotopic (exact) mass is 263 g/mol. The molecule has 0 aliphatic carbocycles. The molecule has 0 bridgehead atoms. The smallest absolute Gasteiger partial charge is 0.131 e. The predicted octanol–water partition coefficient (Wildman–Crippen LogP) is 3.93. The topological polar surface area (TPSA) is 43.8 Å². The lowest BCUT2D eigenvalue weighted by Gasteiger charge is -2.08. The van der Waals surface area contributed by atoms with Crippen LogP contribution < -0.4 is 5.73 Å². The molecule has 4 heteroatoms. The Morgan fingerprint density at radius 3 is 2.33 bits per heavy atom. The van der Waals surface area contributed by atoms with Gasteiger partial charge in [-0.05, 0) is 19.1 Å². The quantitative estimate of drug-likeness (QED) is 0.912. The fourth-order valence-corrected chi connectivity index (χ4v) is 2.20. The Morgan fingerprint density at radius 2 is 1.89 bits per heavy atom. The third-order valence-corrected chi connectivity index (χ3v) is 3.24. The molecule has 0 aliphatic heterocycles. The number of halogens is 1. The lowest BCUT2D eigenvalue weighted by atomic mass is 10.1. The second kappa shape index (κ2) is 5.02. The van der Waals surface area contributed by atoms with E-state index in [2.05, 4.69) is 30.3 Å². The Bertz CT molecular complexity index is 541. The van der Waals surface area contributed by atoms with Gasteiger partial charge in [0.1, 0.15) is 17.3 Å². The normalized spacial score (nSPS) is 11.2. The van der Waals surface area contributed by atoms with Gasteiger partial charge >= 0.3 is 0 Å². The lowest BCUT2D eigenvalue weighted by molar-refractivity contribution is 0.658. The number of hydrogen-bond acceptors (Lipinski definition) is 2. The molecule has 1 aromatic heterocycles. The van der Waals surface area contributed by atoms with E-state index in [1.165, 1.54) is 0 Å². The molecule has 2 aromatic rings. The molecule has 0 fully saturated rings. The molecule has 2 N–H and O–H groups in total. The molecule has 0 aliphatic rings. The van der Waals surface area contributed by atoms with Crippen LogP contribution in [-0.2, 0) is 6.54 Å². The first-order valence-corrected chi connectivity index (χ1v) is 6.54. The van der Waals surface area contributed by atoms with E-state index < -0.39 is 0 Å². The number of nitrogen functional groups attached to an aromatic ring is 1. The third-order valence-electron chi connectivity index (χ3n) is 2.99. The van der Waals surface area contributed by atoms with Gasteiger partial charge in [0, 0.05) is 23.0 Å². The van der Waals surface area contributed by atoms with Crippen LogP contribution >= 0.6 is 11.6 Å². The van der Waals surface area contributed by atoms with E-state index in [4.69, 9.17) is 17.3 Å². The molecule has 96 valence electrons. The zero-order valence-electron chi connectivity index (χ0n) is 10.9. The van der Waals surface area contributed by atoms with Crippen LogP contribution in [0.2, 0.25) is 5.02 Å². The van der Waals surface area contributed by atoms with Crippen LogP contribution in [0.15, 0.2) is 24.3 Å². The Hall–Kier alpha value is -1.48. The van der Waals surface area contributed by atoms with Crippen molar-refractivity contribution in [1.82, 2.24) is 9.55 Å². The van der Waals surface area contributed by atoms with Crippen molar-refractivity contribution >= 4 is 17.4 Å². The predicted molar refractivity (Wildman–Crippen MR) is 76.8 cm³/mol. The molecule has 0 saturated heterocycles. The average molecular weight is 264 g/mol. The van der Waals surface area contributed by atoms with E-state index in [0.29, 0.717) is 5.92 Å². The fraction of sp³-hybridized carbons (Fsp3) is 0.357. The van der Waals surface area contributed by atoms with Gasteiger partial charge in [-0.2, -0.15) is 0 Å². The Kier molecular flexibility index (Phi) is 3.62. The first-order chi connectivity index (χ1) is 8.54. The molecular weight excluding hydrogens is 246 g/mol. The number of imidazole rings is 1. The second-order valence-corrected chi connectivity index (χ2v) is 5.05. The summed E-state index contributed by atoms with van der Waals surface area (Å²) < 4.78 is 2.06. The van der Waals surface area contributed by atoms with Crippen LogP contribution in [0.5, 0.6) is 0 Å². The van der Waals surface area contributed by atoms with Gasteiger partial charge in [0.25, 0.3) is 0 Å². The molecule has 18 heavy (non-hydrogen) atoms. The average Bonchev–Trinajstić information content (AvgIpc) is 2.67. The van der Waals surface area contributed by atoms with Gasteiger partial charge < -0.3 is 10.3 Å². The molecule has 0 saturated carbocycles. The van der Waals surface area contributed by atoms with Crippen molar-refractivity contribution in [2.75, 3.05) is 5.73 Å². The second-order valence-electron chi connectivity index (χ2n) is 4.61. The van der Waals surface area contributed by atoms with Crippen molar-refractivity contribution in [2.24, 2.45) is 0 Å². The van der Waals surface area contributed by atoms with E-state index in [0.717, 1.165) is 34.5 Å². The van der Waals surface area contributed by atoms with Gasteiger partial charge in [0.2, 0.25) is 0 Å². The minimum Gasteiger partial charge on any atom is -0.383 e. The van der Waals surface area contributed by atoms with Crippen molar-refractivity contribution in [3.8, 4) is 11.3 Å². The molecule has 0 unspecified atom stereocenters. The van der Waals surface area contributed by atoms with Gasteiger partial charge in [-0.3, -0.25) is 0 Å². The number of aromatic nitrogens is 2. The Morgan fingerprint density at radius 1 is 1.28 bits per heavy atom. The highest BCUT2D eigenvalue weighted by Crippen LogP contribution is 2.29. The first-order valence-electron chi connectivity index (χ1n) is 6.16. The lowest BCUT2D eigenvalue weighted by Crippen LogP contribution is -2.06. The summed E-state index contributed by atoms with van der Waals surface area (Å²) in [6.45, 7) is 7.16. The van der Waals surface area contributed by atoms with Crippen LogP contribution in [0.3, 0.4) is 0 Å². The Balaban J connectivity index is 2.55. The molecule has 0 atom stereocenters. The van der Waals surface area contributed by atoms with Crippen LogP contribution in [0.4, 0.5) is 5.82 Å². The molecule has 1 aromatic carbocycles. The summed E-state index contributed by atoms with van der Waals surface area (Å²) in [7, 11) is 0. The minimum atomic E-state index is 0.355. The molecular formula is C14H18ClN3. The summed E-state index contributed by atoms with van der Waals surface area (Å²) in [5.41, 5.74) is 8.04. The van der Waals surface area contributed by atoms with Crippen LogP contribution in [0, 0.1) is 0 Å². The number of anilines is 1. The van der Waals surface area contributed by atoms with Gasteiger partial charge in [0.05, 0.1) is 0 Å². The largest absolute Gasteiger partial charge is 0.383 e. The highest BCUT2D eigenvalue weighted by molar-refractivity contribution is 6.30. The highest BCUT2D eigenvalue weighted by atomic mass is 35.5. The summed E-state index contributed by atoms with van der Waals surface area (Å²) in [6, 6.07) is 7.61. The van der Waals surface area contributed by atoms with Gasteiger partial charge in [-0.15, -0.1) is 0 Å². The van der Waals surface area contributed by atoms with E-state index in [-0.39, 0.29) is 0 Å². The standard InChI is InChI=1S/C14H18ClN3/c1-4-18-13(16)12(17-14(18)9(2)3)10-5-7-11(15)8-6-10/h5-9H,4,16H2,1-3H3. The number of nitrogens with zero attached hydrogens (tertiary/aromatic N) is 2. The summed E-state index contributed by atoms with van der Waals surface area (Å²) in [4.78, 5) is 4.67. The molecule has 0 spiro atoms. The number of nitrogens with two attached hydrogens (primary N) is 1. The zero-order valence-corrected chi connectivity index (χ0v) is 11.7. The number of rotatable bonds is 3. The Labute approximate surface area is 113 Å². The number of hydrogen-bond donors (Lipinski definition) is 1. The zero-order chi connectivity index (χ0) is 13.3. The molecule has 1 heterocycles. The maximum absolute atomic E-state index is 6.19. The van der Waals surface area contributed by atoms with E-state index in [1.54, 1.807) is 0 Å². The van der Waals surface area contributed by atoms with Crippen molar-refractivity contribution < 1.29 is 0 Å². The molecule has 2 rings (SSSR count). The van der Waals surface area contributed by atoms with Crippen LogP contribution in [0.1, 0.15) is 32.5 Å². The summed E-state index contributed by atoms with van der Waals surface area (Å²) in [5.74, 6) is 2.11. The maximum Gasteiger partial charge on any atom is 0.131 e. The minimum absolute atomic E-state index is 0.355. The van der Waals surface area contributed by atoms with Gasteiger partial charge in [-0.25, -0.2) is 4.98 Å². The number of benzene rings is 1. The van der Waals surface area contributed by atoms with Crippen molar-refractivity contribution in [3.05, 3.63) is 35.1 Å². The third kappa shape index (κ3) is 2.23. The fourth-order valence-electron chi connectivity index (χ4n) is 2.08. The highest BCUT2D eigenvalue weighted by Gasteiger charge is 2.17. The first kappa shape index (κ1) is 13.0. The summed E-state index contributed by atoms with van der Waals surface area (Å²) >= 11 is 5.90. The maximum atomic E-state index is 6.19. The van der Waals surface area contributed by atoms with Crippen LogP contribution in [-0.4, -0.2) is 9.55 Å². The van der Waals surface area contributed by atoms with Gasteiger partial charge in [-0.1, -0.05) is 37.6 Å². The van der Waals surface area contributed by atoms with Crippen LogP contribution in [0.25, 0.3) is 11.3 Å². The van der Waals surface area contributed by atoms with Crippen molar-refractivity contribution in [2.45, 2.75) is 33.2 Å². The molecule has 3 nitrogen and oxygen atoms in total. The van der Waals surface area contributed by atoms with E-state index in [1.807, 2.05) is 24.3 Å². The molecule has 0 radical (unpaired) electrons. The van der Waals surface area contributed by atoms with E-state index in [9.17, 15) is 0 Å². The van der Waals surface area contributed by atoms with Crippen molar-refractivity contribution in [1.29, 1.82) is 0 Å². The summed E-state index contributed by atoms with van der Waals surface area (Å²) in [6.07, 6.45) is 0. The molecule has 0 amide bonds. The SMILES string of the molecule is CCn1c(C(C)C)nc(-c2ccc(Cl)cc2)c1N. The van der Waals surface area contributed by atoms with Gasteiger partial charge in [0.15, 0.2) is 0 Å². The van der Waals surface area contributed by atoms with Crippen molar-refractivity contribution in [3.63, 3.8) is 0 Å². The van der Waals surface area contributed by atoms with E-state index >= 15 is 0 Å².